The van der Waals surface area contributed by atoms with Gasteiger partial charge in [0.1, 0.15) is 0 Å². The van der Waals surface area contributed by atoms with Gasteiger partial charge in [0.05, 0.1) is 11.8 Å². The average Bonchev–Trinajstić information content (AvgIpc) is 2.35. The molecule has 122 valence electrons. The van der Waals surface area contributed by atoms with Crippen LogP contribution in [0.4, 0.5) is 18.0 Å². The van der Waals surface area contributed by atoms with Gasteiger partial charge in [0.25, 0.3) is 0 Å². The van der Waals surface area contributed by atoms with Crippen molar-refractivity contribution in [2.45, 2.75) is 57.7 Å². The summed E-state index contributed by atoms with van der Waals surface area (Å²) in [4.78, 5) is 22.9. The van der Waals surface area contributed by atoms with Gasteiger partial charge in [-0.25, -0.2) is 4.79 Å². The fraction of sp³-hybridized carbons (Fsp3) is 0.846. The lowest BCUT2D eigenvalue weighted by Gasteiger charge is -2.33. The predicted molar refractivity (Wildman–Crippen MR) is 69.8 cm³/mol. The lowest BCUT2D eigenvalue weighted by Crippen LogP contribution is -2.49. The normalized spacial score (nSPS) is 19.6. The molecule has 0 aromatic rings. The fourth-order valence-electron chi connectivity index (χ4n) is 2.62. The monoisotopic (exact) mass is 310 g/mol. The SMILES string of the molecule is CC(CC(F)(F)F)NC(=O)NCC1(C(=O)O)CCCCC1. The highest BCUT2D eigenvalue weighted by molar-refractivity contribution is 5.78. The van der Waals surface area contributed by atoms with E-state index in [2.05, 4.69) is 10.6 Å². The first-order chi connectivity index (χ1) is 9.65. The summed E-state index contributed by atoms with van der Waals surface area (Å²) in [5.41, 5.74) is -0.997. The zero-order valence-corrected chi connectivity index (χ0v) is 11.9. The molecule has 8 heteroatoms. The molecule has 0 saturated heterocycles. The second kappa shape index (κ2) is 7.00. The third-order valence-electron chi connectivity index (χ3n) is 3.77. The standard InChI is InChI=1S/C13H21F3N2O3/c1-9(7-13(14,15)16)18-11(21)17-8-12(10(19)20)5-3-2-4-6-12/h9H,2-8H2,1H3,(H,19,20)(H2,17,18,21). The molecule has 0 aromatic carbocycles. The van der Waals surface area contributed by atoms with Gasteiger partial charge in [-0.3, -0.25) is 4.79 Å². The summed E-state index contributed by atoms with van der Waals surface area (Å²) >= 11 is 0. The average molecular weight is 310 g/mol. The van der Waals surface area contributed by atoms with Crippen LogP contribution in [0.2, 0.25) is 0 Å². The lowest BCUT2D eigenvalue weighted by atomic mass is 9.74. The maximum absolute atomic E-state index is 12.2. The van der Waals surface area contributed by atoms with Crippen LogP contribution in [0.5, 0.6) is 0 Å². The minimum absolute atomic E-state index is 0.0626. The Morgan fingerprint density at radius 2 is 1.81 bits per heavy atom. The van der Waals surface area contributed by atoms with E-state index in [0.717, 1.165) is 19.3 Å². The molecule has 1 saturated carbocycles. The quantitative estimate of drug-likeness (QED) is 0.730. The van der Waals surface area contributed by atoms with Crippen LogP contribution in [0.15, 0.2) is 0 Å². The number of nitrogens with one attached hydrogen (secondary N) is 2. The molecule has 1 atom stereocenters. The van der Waals surface area contributed by atoms with E-state index in [0.29, 0.717) is 12.8 Å². The van der Waals surface area contributed by atoms with Gasteiger partial charge in [0.2, 0.25) is 0 Å². The summed E-state index contributed by atoms with van der Waals surface area (Å²) in [5.74, 6) is -0.967. The molecule has 0 aliphatic heterocycles. The molecule has 0 radical (unpaired) electrons. The Kier molecular flexibility index (Phi) is 5.86. The predicted octanol–water partition coefficient (Wildman–Crippen LogP) is 2.66. The van der Waals surface area contributed by atoms with Crippen molar-refractivity contribution in [3.63, 3.8) is 0 Å². The number of carbonyl (C=O) groups is 2. The van der Waals surface area contributed by atoms with Crippen LogP contribution >= 0.6 is 0 Å². The smallest absolute Gasteiger partial charge is 0.391 e. The molecule has 21 heavy (non-hydrogen) atoms. The van der Waals surface area contributed by atoms with Crippen LogP contribution in [0, 0.1) is 5.41 Å². The largest absolute Gasteiger partial charge is 0.481 e. The number of hydrogen-bond donors (Lipinski definition) is 3. The zero-order valence-electron chi connectivity index (χ0n) is 11.9. The van der Waals surface area contributed by atoms with Gasteiger partial charge >= 0.3 is 18.2 Å². The van der Waals surface area contributed by atoms with Crippen LogP contribution in [0.25, 0.3) is 0 Å². The number of alkyl halides is 3. The molecule has 1 unspecified atom stereocenters. The maximum atomic E-state index is 12.2. The zero-order chi connectivity index (χ0) is 16.1. The van der Waals surface area contributed by atoms with E-state index in [-0.39, 0.29) is 6.54 Å². The number of hydrogen-bond acceptors (Lipinski definition) is 2. The molecule has 2 amide bonds. The number of carboxylic acids is 1. The van der Waals surface area contributed by atoms with Crippen molar-refractivity contribution >= 4 is 12.0 Å². The van der Waals surface area contributed by atoms with E-state index in [1.54, 1.807) is 0 Å². The Balaban J connectivity index is 2.45. The van der Waals surface area contributed by atoms with Crippen molar-refractivity contribution in [1.29, 1.82) is 0 Å². The lowest BCUT2D eigenvalue weighted by molar-refractivity contribution is -0.150. The Morgan fingerprint density at radius 1 is 1.24 bits per heavy atom. The first-order valence-electron chi connectivity index (χ1n) is 6.99. The Bertz CT molecular complexity index is 379. The van der Waals surface area contributed by atoms with Gasteiger partial charge in [0, 0.05) is 12.6 Å². The summed E-state index contributed by atoms with van der Waals surface area (Å²) in [7, 11) is 0. The van der Waals surface area contributed by atoms with Gasteiger partial charge in [-0.1, -0.05) is 19.3 Å². The van der Waals surface area contributed by atoms with E-state index >= 15 is 0 Å². The van der Waals surface area contributed by atoms with Crippen LogP contribution in [0.1, 0.15) is 45.4 Å². The molecule has 0 heterocycles. The Morgan fingerprint density at radius 3 is 2.29 bits per heavy atom. The highest BCUT2D eigenvalue weighted by Gasteiger charge is 2.40. The number of aliphatic carboxylic acids is 1. The van der Waals surface area contributed by atoms with Crippen LogP contribution < -0.4 is 10.6 Å². The van der Waals surface area contributed by atoms with Gasteiger partial charge in [-0.05, 0) is 19.8 Å². The topological polar surface area (TPSA) is 78.4 Å². The maximum Gasteiger partial charge on any atom is 0.391 e. The van der Waals surface area contributed by atoms with Gasteiger partial charge in [0.15, 0.2) is 0 Å². The van der Waals surface area contributed by atoms with Crippen molar-refractivity contribution in [2.24, 2.45) is 5.41 Å². The van der Waals surface area contributed by atoms with Crippen molar-refractivity contribution in [1.82, 2.24) is 10.6 Å². The molecule has 0 spiro atoms. The van der Waals surface area contributed by atoms with E-state index in [4.69, 9.17) is 0 Å². The van der Waals surface area contributed by atoms with Crippen molar-refractivity contribution in [2.75, 3.05) is 6.54 Å². The van der Waals surface area contributed by atoms with E-state index in [1.807, 2.05) is 0 Å². The van der Waals surface area contributed by atoms with Crippen LogP contribution in [0.3, 0.4) is 0 Å². The molecule has 3 N–H and O–H groups in total. The van der Waals surface area contributed by atoms with Gasteiger partial charge < -0.3 is 15.7 Å². The van der Waals surface area contributed by atoms with E-state index in [9.17, 15) is 27.9 Å². The first-order valence-corrected chi connectivity index (χ1v) is 6.99. The van der Waals surface area contributed by atoms with E-state index < -0.39 is 36.1 Å². The molecule has 0 bridgehead atoms. The fourth-order valence-corrected chi connectivity index (χ4v) is 2.62. The number of halogens is 3. The molecule has 1 rings (SSSR count). The first kappa shape index (κ1) is 17.6. The molecular formula is C13H21F3N2O3. The molecule has 1 aliphatic carbocycles. The highest BCUT2D eigenvalue weighted by atomic mass is 19.4. The second-order valence-electron chi connectivity index (χ2n) is 5.69. The van der Waals surface area contributed by atoms with Gasteiger partial charge in [-0.2, -0.15) is 13.2 Å². The summed E-state index contributed by atoms with van der Waals surface area (Å²) in [5, 5.41) is 13.9. The number of carboxylic acid groups (broad SMARTS) is 1. The number of rotatable bonds is 5. The third kappa shape index (κ3) is 5.81. The second-order valence-corrected chi connectivity index (χ2v) is 5.69. The van der Waals surface area contributed by atoms with Crippen LogP contribution in [-0.2, 0) is 4.79 Å². The minimum Gasteiger partial charge on any atom is -0.481 e. The molecule has 1 fully saturated rings. The molecular weight excluding hydrogens is 289 g/mol. The van der Waals surface area contributed by atoms with Crippen molar-refractivity contribution in [3.05, 3.63) is 0 Å². The van der Waals surface area contributed by atoms with Crippen molar-refractivity contribution < 1.29 is 27.9 Å². The minimum atomic E-state index is -4.35. The van der Waals surface area contributed by atoms with Gasteiger partial charge in [-0.15, -0.1) is 0 Å². The number of urea groups is 1. The highest BCUT2D eigenvalue weighted by Crippen LogP contribution is 2.36. The van der Waals surface area contributed by atoms with E-state index in [1.165, 1.54) is 6.92 Å². The number of carbonyl (C=O) groups excluding carboxylic acids is 1. The summed E-state index contributed by atoms with van der Waals surface area (Å²) in [6, 6.07) is -1.82. The number of amides is 2. The molecule has 5 nitrogen and oxygen atoms in total. The molecule has 0 aromatic heterocycles. The summed E-state index contributed by atoms with van der Waals surface area (Å²) in [6.07, 6.45) is -2.01. The third-order valence-corrected chi connectivity index (χ3v) is 3.77. The summed E-state index contributed by atoms with van der Waals surface area (Å²) in [6.45, 7) is 1.19. The van der Waals surface area contributed by atoms with Crippen molar-refractivity contribution in [3.8, 4) is 0 Å². The molecule has 1 aliphatic rings. The van der Waals surface area contributed by atoms with Crippen LogP contribution in [-0.4, -0.2) is 35.9 Å². The Labute approximate surface area is 121 Å². The summed E-state index contributed by atoms with van der Waals surface area (Å²) < 4.78 is 36.5. The Hall–Kier alpha value is -1.47.